The van der Waals surface area contributed by atoms with E-state index >= 15 is 0 Å². The van der Waals surface area contributed by atoms with Gasteiger partial charge >= 0.3 is 0 Å². The van der Waals surface area contributed by atoms with Gasteiger partial charge in [0.2, 0.25) is 0 Å². The summed E-state index contributed by atoms with van der Waals surface area (Å²) in [6.07, 6.45) is 9.30. The predicted octanol–water partition coefficient (Wildman–Crippen LogP) is 5.54. The number of H-pyrrole nitrogens is 1. The highest BCUT2D eigenvalue weighted by molar-refractivity contribution is 6.04. The quantitative estimate of drug-likeness (QED) is 0.382. The van der Waals surface area contributed by atoms with Crippen LogP contribution in [0, 0.1) is 0 Å². The van der Waals surface area contributed by atoms with Crippen molar-refractivity contribution < 1.29 is 9.59 Å². The molecule has 2 aromatic heterocycles. The molecular formula is C27H26N4O2. The van der Waals surface area contributed by atoms with Crippen molar-refractivity contribution in [1.29, 1.82) is 0 Å². The number of carbonyl (C=O) groups excluding carboxylic acids is 2. The standard InChI is InChI=1S/C27H26N4O2/c32-26(30-20-6-2-1-3-7-20)19-11-14-24-22(16-19)23(17-29-24)18-9-12-21(13-10-18)31-27(33)25-8-4-5-15-28-25/h4-5,8-17,20,29H,1-3,6-7H2,(H,30,32)(H,31,33). The van der Waals surface area contributed by atoms with Crippen LogP contribution in [-0.2, 0) is 0 Å². The summed E-state index contributed by atoms with van der Waals surface area (Å²) in [5, 5.41) is 7.06. The topological polar surface area (TPSA) is 86.9 Å². The average molecular weight is 439 g/mol. The number of benzene rings is 2. The van der Waals surface area contributed by atoms with Crippen molar-refractivity contribution >= 4 is 28.4 Å². The van der Waals surface area contributed by atoms with Crippen LogP contribution < -0.4 is 10.6 Å². The van der Waals surface area contributed by atoms with Gasteiger partial charge in [-0.1, -0.05) is 37.5 Å². The molecule has 0 aliphatic heterocycles. The number of hydrogen-bond donors (Lipinski definition) is 3. The fraction of sp³-hybridized carbons (Fsp3) is 0.222. The fourth-order valence-corrected chi connectivity index (χ4v) is 4.44. The Labute approximate surface area is 192 Å². The zero-order chi connectivity index (χ0) is 22.6. The summed E-state index contributed by atoms with van der Waals surface area (Å²) in [6, 6.07) is 19.0. The average Bonchev–Trinajstić information content (AvgIpc) is 3.29. The number of aromatic amines is 1. The summed E-state index contributed by atoms with van der Waals surface area (Å²) in [6.45, 7) is 0. The Kier molecular flexibility index (Phi) is 5.89. The molecule has 1 aliphatic carbocycles. The maximum atomic E-state index is 12.8. The van der Waals surface area contributed by atoms with Gasteiger partial charge in [-0.05, 0) is 60.9 Å². The zero-order valence-corrected chi connectivity index (χ0v) is 18.3. The second kappa shape index (κ2) is 9.28. The Morgan fingerprint density at radius 3 is 2.48 bits per heavy atom. The van der Waals surface area contributed by atoms with Crippen LogP contribution in [0.4, 0.5) is 5.69 Å². The van der Waals surface area contributed by atoms with Crippen LogP contribution in [0.5, 0.6) is 0 Å². The molecule has 3 N–H and O–H groups in total. The number of carbonyl (C=O) groups is 2. The molecule has 0 bridgehead atoms. The van der Waals surface area contributed by atoms with Crippen LogP contribution in [0.1, 0.15) is 53.0 Å². The van der Waals surface area contributed by atoms with Crippen molar-refractivity contribution in [3.8, 4) is 11.1 Å². The van der Waals surface area contributed by atoms with Gasteiger partial charge in [-0.15, -0.1) is 0 Å². The first-order chi connectivity index (χ1) is 16.2. The monoisotopic (exact) mass is 438 g/mol. The van der Waals surface area contributed by atoms with E-state index in [1.807, 2.05) is 48.7 Å². The molecule has 1 saturated carbocycles. The first-order valence-electron chi connectivity index (χ1n) is 11.4. The third-order valence-corrected chi connectivity index (χ3v) is 6.24. The molecular weight excluding hydrogens is 412 g/mol. The first kappa shape index (κ1) is 20.9. The van der Waals surface area contributed by atoms with Gasteiger partial charge in [-0.3, -0.25) is 14.6 Å². The Hall–Kier alpha value is -3.93. The molecule has 0 unspecified atom stereocenters. The third-order valence-electron chi connectivity index (χ3n) is 6.24. The fourth-order valence-electron chi connectivity index (χ4n) is 4.44. The molecule has 0 radical (unpaired) electrons. The van der Waals surface area contributed by atoms with Crippen LogP contribution in [-0.4, -0.2) is 27.8 Å². The number of rotatable bonds is 5. The molecule has 0 saturated heterocycles. The molecule has 6 heteroatoms. The molecule has 33 heavy (non-hydrogen) atoms. The van der Waals surface area contributed by atoms with Gasteiger partial charge in [0.05, 0.1) is 0 Å². The zero-order valence-electron chi connectivity index (χ0n) is 18.3. The lowest BCUT2D eigenvalue weighted by atomic mass is 9.95. The highest BCUT2D eigenvalue weighted by atomic mass is 16.2. The number of pyridine rings is 1. The summed E-state index contributed by atoms with van der Waals surface area (Å²) >= 11 is 0. The van der Waals surface area contributed by atoms with Gasteiger partial charge in [0.1, 0.15) is 5.69 Å². The summed E-state index contributed by atoms with van der Waals surface area (Å²) in [7, 11) is 0. The molecule has 2 aromatic carbocycles. The van der Waals surface area contributed by atoms with Crippen LogP contribution in [0.3, 0.4) is 0 Å². The van der Waals surface area contributed by atoms with Crippen LogP contribution in [0.2, 0.25) is 0 Å². The van der Waals surface area contributed by atoms with Gasteiger partial charge in [0.15, 0.2) is 0 Å². The lowest BCUT2D eigenvalue weighted by molar-refractivity contribution is 0.0927. The largest absolute Gasteiger partial charge is 0.361 e. The third kappa shape index (κ3) is 4.65. The normalized spacial score (nSPS) is 14.2. The Morgan fingerprint density at radius 1 is 0.909 bits per heavy atom. The summed E-state index contributed by atoms with van der Waals surface area (Å²) in [5.41, 5.74) is 4.74. The van der Waals surface area contributed by atoms with E-state index in [0.717, 1.165) is 34.9 Å². The molecule has 6 nitrogen and oxygen atoms in total. The molecule has 4 aromatic rings. The minimum atomic E-state index is -0.246. The highest BCUT2D eigenvalue weighted by Crippen LogP contribution is 2.30. The van der Waals surface area contributed by atoms with Gasteiger partial charge in [0.25, 0.3) is 11.8 Å². The minimum Gasteiger partial charge on any atom is -0.361 e. The minimum absolute atomic E-state index is 0.0106. The predicted molar refractivity (Wildman–Crippen MR) is 130 cm³/mol. The van der Waals surface area contributed by atoms with Crippen molar-refractivity contribution in [2.45, 2.75) is 38.1 Å². The van der Waals surface area contributed by atoms with E-state index in [-0.39, 0.29) is 17.9 Å². The van der Waals surface area contributed by atoms with Crippen molar-refractivity contribution in [3.63, 3.8) is 0 Å². The van der Waals surface area contributed by atoms with E-state index in [1.54, 1.807) is 24.4 Å². The van der Waals surface area contributed by atoms with Gasteiger partial charge in [-0.2, -0.15) is 0 Å². The number of hydrogen-bond acceptors (Lipinski definition) is 3. The summed E-state index contributed by atoms with van der Waals surface area (Å²) in [5.74, 6) is -0.257. The first-order valence-corrected chi connectivity index (χ1v) is 11.4. The lowest BCUT2D eigenvalue weighted by Crippen LogP contribution is -2.36. The number of nitrogens with zero attached hydrogens (tertiary/aromatic N) is 1. The van der Waals surface area contributed by atoms with Crippen molar-refractivity contribution in [3.05, 3.63) is 84.3 Å². The highest BCUT2D eigenvalue weighted by Gasteiger charge is 2.17. The number of anilines is 1. The maximum absolute atomic E-state index is 12.8. The Bertz CT molecular complexity index is 1270. The molecule has 2 amide bonds. The SMILES string of the molecule is O=C(NC1CCCCC1)c1ccc2[nH]cc(-c3ccc(NC(=O)c4ccccn4)cc3)c2c1. The Balaban J connectivity index is 1.34. The van der Waals surface area contributed by atoms with E-state index in [9.17, 15) is 9.59 Å². The van der Waals surface area contributed by atoms with Crippen molar-refractivity contribution in [2.24, 2.45) is 0 Å². The molecule has 2 heterocycles. The molecule has 166 valence electrons. The van der Waals surface area contributed by atoms with Gasteiger partial charge in [0, 0.05) is 46.2 Å². The number of aromatic nitrogens is 2. The van der Waals surface area contributed by atoms with Crippen molar-refractivity contribution in [2.75, 3.05) is 5.32 Å². The lowest BCUT2D eigenvalue weighted by Gasteiger charge is -2.22. The Morgan fingerprint density at radius 2 is 1.73 bits per heavy atom. The van der Waals surface area contributed by atoms with Crippen LogP contribution in [0.15, 0.2) is 73.1 Å². The second-order valence-electron chi connectivity index (χ2n) is 8.52. The molecule has 0 atom stereocenters. The van der Waals surface area contributed by atoms with E-state index < -0.39 is 0 Å². The molecule has 5 rings (SSSR count). The van der Waals surface area contributed by atoms with Crippen LogP contribution >= 0.6 is 0 Å². The number of amides is 2. The van der Waals surface area contributed by atoms with E-state index in [0.29, 0.717) is 16.9 Å². The van der Waals surface area contributed by atoms with E-state index in [2.05, 4.69) is 20.6 Å². The van der Waals surface area contributed by atoms with Gasteiger partial charge < -0.3 is 15.6 Å². The molecule has 1 aliphatic rings. The van der Waals surface area contributed by atoms with E-state index in [4.69, 9.17) is 0 Å². The summed E-state index contributed by atoms with van der Waals surface area (Å²) < 4.78 is 0. The second-order valence-corrected chi connectivity index (χ2v) is 8.52. The van der Waals surface area contributed by atoms with E-state index in [1.165, 1.54) is 19.3 Å². The molecule has 1 fully saturated rings. The van der Waals surface area contributed by atoms with Gasteiger partial charge in [-0.25, -0.2) is 0 Å². The van der Waals surface area contributed by atoms with Crippen LogP contribution in [0.25, 0.3) is 22.0 Å². The summed E-state index contributed by atoms with van der Waals surface area (Å²) in [4.78, 5) is 32.5. The number of nitrogens with one attached hydrogen (secondary N) is 3. The smallest absolute Gasteiger partial charge is 0.274 e. The maximum Gasteiger partial charge on any atom is 0.274 e. The number of fused-ring (bicyclic) bond motifs is 1. The molecule has 0 spiro atoms. The van der Waals surface area contributed by atoms with Crippen molar-refractivity contribution in [1.82, 2.24) is 15.3 Å².